The van der Waals surface area contributed by atoms with Crippen LogP contribution >= 0.6 is 17.9 Å². The van der Waals surface area contributed by atoms with Gasteiger partial charge in [-0.1, -0.05) is 38.9 Å². The number of thiol groups is 1. The molecule has 0 heterocycles. The fourth-order valence-corrected chi connectivity index (χ4v) is 3.98. The lowest BCUT2D eigenvalue weighted by Crippen LogP contribution is -2.38. The summed E-state index contributed by atoms with van der Waals surface area (Å²) >= 11 is 8.85. The molecule has 0 radical (unpaired) electrons. The van der Waals surface area contributed by atoms with Gasteiger partial charge in [0.1, 0.15) is 0 Å². The van der Waals surface area contributed by atoms with Crippen molar-refractivity contribution in [2.24, 2.45) is 5.41 Å². The zero-order valence-corrected chi connectivity index (χ0v) is 12.1. The Labute approximate surface area is 103 Å². The quantitative estimate of drug-likeness (QED) is 0.598. The Bertz CT molecular complexity index is 248. The fraction of sp³-hybridized carbons (Fsp3) is 1.00. The largest absolute Gasteiger partial charge is 0.338 e. The molecule has 2 nitrogen and oxygen atoms in total. The highest BCUT2D eigenvalue weighted by Crippen LogP contribution is 2.55. The summed E-state index contributed by atoms with van der Waals surface area (Å²) in [6.07, 6.45) is 6.94. The van der Waals surface area contributed by atoms with Crippen LogP contribution < -0.4 is 0 Å². The van der Waals surface area contributed by atoms with Gasteiger partial charge >= 0.3 is 0 Å². The van der Waals surface area contributed by atoms with Crippen LogP contribution in [0.1, 0.15) is 52.4 Å². The van der Waals surface area contributed by atoms with Crippen LogP contribution in [0.2, 0.25) is 0 Å². The molecule has 0 bridgehead atoms. The zero-order valence-electron chi connectivity index (χ0n) is 9.48. The van der Waals surface area contributed by atoms with E-state index < -0.39 is 5.69 Å². The third kappa shape index (κ3) is 3.71. The minimum absolute atomic E-state index is 0.106. The van der Waals surface area contributed by atoms with Crippen molar-refractivity contribution in [3.05, 3.63) is 0 Å². The van der Waals surface area contributed by atoms with Gasteiger partial charge in [-0.3, -0.25) is 0 Å². The van der Waals surface area contributed by atoms with Gasteiger partial charge in [-0.15, -0.1) is 0 Å². The standard InChI is InChI=1S/C10H21O2PS2/c1-3-10(4-2)8-6-5-7-9(10)12-13(11,14)15/h9H,3-8H2,1-2H3,(H2,11,14,15). The van der Waals surface area contributed by atoms with Gasteiger partial charge in [0.2, 0.25) is 5.69 Å². The van der Waals surface area contributed by atoms with E-state index in [0.29, 0.717) is 0 Å². The fourth-order valence-electron chi connectivity index (χ4n) is 2.66. The number of hydrogen-bond donors (Lipinski definition) is 2. The van der Waals surface area contributed by atoms with Crippen molar-refractivity contribution in [1.82, 2.24) is 0 Å². The summed E-state index contributed by atoms with van der Waals surface area (Å²) in [6.45, 7) is 4.40. The van der Waals surface area contributed by atoms with E-state index >= 15 is 0 Å². The van der Waals surface area contributed by atoms with E-state index in [4.69, 9.17) is 16.3 Å². The zero-order chi connectivity index (χ0) is 11.5. The minimum Gasteiger partial charge on any atom is -0.338 e. The lowest BCUT2D eigenvalue weighted by molar-refractivity contribution is 0.00409. The van der Waals surface area contributed by atoms with Crippen LogP contribution in [0.3, 0.4) is 0 Å². The summed E-state index contributed by atoms with van der Waals surface area (Å²) < 4.78 is 5.62. The molecule has 0 spiro atoms. The van der Waals surface area contributed by atoms with E-state index in [2.05, 4.69) is 26.1 Å². The van der Waals surface area contributed by atoms with Gasteiger partial charge in [0.25, 0.3) is 0 Å². The SMILES string of the molecule is CCC1(CC)CCCCC1OP(O)(=S)S. The normalized spacial score (nSPS) is 29.7. The van der Waals surface area contributed by atoms with Crippen molar-refractivity contribution < 1.29 is 9.42 Å². The molecular weight excluding hydrogens is 247 g/mol. The Morgan fingerprint density at radius 3 is 2.53 bits per heavy atom. The van der Waals surface area contributed by atoms with Crippen molar-refractivity contribution in [2.75, 3.05) is 0 Å². The van der Waals surface area contributed by atoms with E-state index in [-0.39, 0.29) is 11.5 Å². The molecule has 1 rings (SSSR count). The summed E-state index contributed by atoms with van der Waals surface area (Å²) in [4.78, 5) is 9.56. The third-order valence-electron chi connectivity index (χ3n) is 3.75. The Morgan fingerprint density at radius 1 is 1.47 bits per heavy atom. The predicted octanol–water partition coefficient (Wildman–Crippen LogP) is 3.90. The molecule has 1 N–H and O–H groups in total. The molecule has 0 aromatic rings. The lowest BCUT2D eigenvalue weighted by atomic mass is 9.68. The molecule has 1 saturated carbocycles. The van der Waals surface area contributed by atoms with Crippen molar-refractivity contribution in [1.29, 1.82) is 0 Å². The second-order valence-corrected chi connectivity index (χ2v) is 9.52. The first kappa shape index (κ1) is 14.0. The Balaban J connectivity index is 2.77. The van der Waals surface area contributed by atoms with Gasteiger partial charge in [-0.25, -0.2) is 0 Å². The van der Waals surface area contributed by atoms with Gasteiger partial charge in [0, 0.05) is 0 Å². The highest BCUT2D eigenvalue weighted by atomic mass is 32.9. The molecule has 15 heavy (non-hydrogen) atoms. The maximum Gasteiger partial charge on any atom is 0.241 e. The third-order valence-corrected chi connectivity index (χ3v) is 4.82. The minimum atomic E-state index is -2.81. The highest BCUT2D eigenvalue weighted by molar-refractivity contribution is 8.59. The first-order chi connectivity index (χ1) is 6.93. The van der Waals surface area contributed by atoms with E-state index in [0.717, 1.165) is 19.3 Å². The molecule has 2 atom stereocenters. The van der Waals surface area contributed by atoms with Crippen LogP contribution in [0.5, 0.6) is 0 Å². The van der Waals surface area contributed by atoms with Gasteiger partial charge in [0.15, 0.2) is 0 Å². The van der Waals surface area contributed by atoms with E-state index in [1.807, 2.05) is 0 Å². The van der Waals surface area contributed by atoms with E-state index in [1.54, 1.807) is 0 Å². The summed E-state index contributed by atoms with van der Waals surface area (Å²) in [6, 6.07) is 0. The molecule has 0 aromatic heterocycles. The molecule has 1 aliphatic carbocycles. The van der Waals surface area contributed by atoms with Gasteiger partial charge in [-0.2, -0.15) is 0 Å². The highest BCUT2D eigenvalue weighted by Gasteiger charge is 2.40. The van der Waals surface area contributed by atoms with Crippen molar-refractivity contribution in [3.8, 4) is 0 Å². The lowest BCUT2D eigenvalue weighted by Gasteiger charge is -2.43. The maximum atomic E-state index is 9.56. The Morgan fingerprint density at radius 2 is 2.07 bits per heavy atom. The molecule has 5 heteroatoms. The number of rotatable bonds is 4. The van der Waals surface area contributed by atoms with Gasteiger partial charge in [-0.05, 0) is 42.9 Å². The van der Waals surface area contributed by atoms with Crippen LogP contribution in [-0.4, -0.2) is 11.0 Å². The Kier molecular flexibility index (Phi) is 5.13. The van der Waals surface area contributed by atoms with E-state index in [9.17, 15) is 4.89 Å². The number of hydrogen-bond acceptors (Lipinski definition) is 2. The molecule has 0 saturated heterocycles. The van der Waals surface area contributed by atoms with Crippen LogP contribution in [0.4, 0.5) is 0 Å². The van der Waals surface area contributed by atoms with Crippen LogP contribution in [0.25, 0.3) is 0 Å². The summed E-state index contributed by atoms with van der Waals surface area (Å²) in [5.41, 5.74) is -2.60. The average Bonchev–Trinajstić information content (AvgIpc) is 2.17. The van der Waals surface area contributed by atoms with Gasteiger partial charge < -0.3 is 9.42 Å². The van der Waals surface area contributed by atoms with Gasteiger partial charge in [0.05, 0.1) is 6.10 Å². The van der Waals surface area contributed by atoms with Crippen molar-refractivity contribution in [2.45, 2.75) is 58.5 Å². The second-order valence-electron chi connectivity index (χ2n) is 4.40. The van der Waals surface area contributed by atoms with Crippen molar-refractivity contribution >= 4 is 29.7 Å². The maximum absolute atomic E-state index is 9.56. The molecule has 0 amide bonds. The summed E-state index contributed by atoms with van der Waals surface area (Å²) in [7, 11) is 0. The van der Waals surface area contributed by atoms with E-state index in [1.165, 1.54) is 19.3 Å². The molecular formula is C10H21O2PS2. The first-order valence-electron chi connectivity index (χ1n) is 5.67. The average molecular weight is 268 g/mol. The molecule has 0 aliphatic heterocycles. The monoisotopic (exact) mass is 268 g/mol. The summed E-state index contributed by atoms with van der Waals surface area (Å²) in [5.74, 6) is 0. The van der Waals surface area contributed by atoms with Crippen LogP contribution in [0.15, 0.2) is 0 Å². The molecule has 2 unspecified atom stereocenters. The molecule has 0 aromatic carbocycles. The van der Waals surface area contributed by atoms with Crippen molar-refractivity contribution in [3.63, 3.8) is 0 Å². The predicted molar refractivity (Wildman–Crippen MR) is 71.8 cm³/mol. The smallest absolute Gasteiger partial charge is 0.241 e. The molecule has 90 valence electrons. The summed E-state index contributed by atoms with van der Waals surface area (Å²) in [5, 5.41) is 0. The van der Waals surface area contributed by atoms with Crippen LogP contribution in [-0.2, 0) is 16.3 Å². The van der Waals surface area contributed by atoms with Crippen LogP contribution in [0, 0.1) is 5.41 Å². The second kappa shape index (κ2) is 5.50. The molecule has 1 aliphatic rings. The first-order valence-corrected chi connectivity index (χ1v) is 9.50. The Hall–Kier alpha value is 0.920. The molecule has 1 fully saturated rings. The topological polar surface area (TPSA) is 29.5 Å².